The average Bonchev–Trinajstić information content (AvgIpc) is 1.95. The zero-order valence-corrected chi connectivity index (χ0v) is 10.1. The highest BCUT2D eigenvalue weighted by Gasteiger charge is 2.30. The quantitative estimate of drug-likeness (QED) is 0.702. The summed E-state index contributed by atoms with van der Waals surface area (Å²) in [5.74, 6) is -0.755. The van der Waals surface area contributed by atoms with Gasteiger partial charge in [0.15, 0.2) is 6.61 Å². The molecule has 16 heavy (non-hydrogen) atoms. The minimum Gasteiger partial charge on any atom is -0.456 e. The molecule has 0 aromatic carbocycles. The van der Waals surface area contributed by atoms with Gasteiger partial charge in [-0.15, -0.1) is 0 Å². The van der Waals surface area contributed by atoms with E-state index in [1.807, 2.05) is 27.7 Å². The van der Waals surface area contributed by atoms with Crippen molar-refractivity contribution in [3.8, 4) is 0 Å². The normalized spacial score (nSPS) is 14.7. The second kappa shape index (κ2) is 5.55. The number of ether oxygens (including phenoxy) is 1. The summed E-state index contributed by atoms with van der Waals surface area (Å²) in [7, 11) is 0. The molecule has 0 fully saturated rings. The van der Waals surface area contributed by atoms with E-state index in [1.165, 1.54) is 0 Å². The van der Waals surface area contributed by atoms with Crippen molar-refractivity contribution in [1.29, 1.82) is 0 Å². The number of carbonyl (C=O) groups is 1. The highest BCUT2D eigenvalue weighted by molar-refractivity contribution is 5.69. The minimum atomic E-state index is -4.44. The molecule has 0 saturated heterocycles. The van der Waals surface area contributed by atoms with Crippen LogP contribution in [0.1, 0.15) is 40.5 Å². The molecule has 0 radical (unpaired) electrons. The highest BCUT2D eigenvalue weighted by Crippen LogP contribution is 2.26. The molecular formula is C11H19F3O2. The average molecular weight is 240 g/mol. The van der Waals surface area contributed by atoms with Crippen LogP contribution in [0.25, 0.3) is 0 Å². The van der Waals surface area contributed by atoms with E-state index >= 15 is 0 Å². The summed E-state index contributed by atoms with van der Waals surface area (Å²) in [5, 5.41) is 0. The SMILES string of the molecule is CC(CC(=O)OCC(F)(F)F)CC(C)(C)C. The predicted octanol–water partition coefficient (Wildman–Crippen LogP) is 3.55. The van der Waals surface area contributed by atoms with Crippen molar-refractivity contribution in [3.05, 3.63) is 0 Å². The lowest BCUT2D eigenvalue weighted by Crippen LogP contribution is -2.22. The molecule has 2 nitrogen and oxygen atoms in total. The Balaban J connectivity index is 3.88. The Labute approximate surface area is 94.2 Å². The number of esters is 1. The summed E-state index contributed by atoms with van der Waals surface area (Å²) < 4.78 is 39.4. The molecule has 0 saturated carbocycles. The molecule has 5 heteroatoms. The fraction of sp³-hybridized carbons (Fsp3) is 0.909. The summed E-state index contributed by atoms with van der Waals surface area (Å²) >= 11 is 0. The van der Waals surface area contributed by atoms with E-state index in [0.717, 1.165) is 6.42 Å². The molecular weight excluding hydrogens is 221 g/mol. The molecule has 0 aliphatic rings. The Hall–Kier alpha value is -0.740. The van der Waals surface area contributed by atoms with Gasteiger partial charge < -0.3 is 4.74 Å². The lowest BCUT2D eigenvalue weighted by molar-refractivity contribution is -0.186. The van der Waals surface area contributed by atoms with Crippen LogP contribution in [0.15, 0.2) is 0 Å². The van der Waals surface area contributed by atoms with Crippen LogP contribution >= 0.6 is 0 Å². The largest absolute Gasteiger partial charge is 0.456 e. The van der Waals surface area contributed by atoms with Crippen LogP contribution < -0.4 is 0 Å². The third kappa shape index (κ3) is 9.80. The van der Waals surface area contributed by atoms with Crippen molar-refractivity contribution < 1.29 is 22.7 Å². The fourth-order valence-corrected chi connectivity index (χ4v) is 1.62. The maximum absolute atomic E-state index is 11.7. The van der Waals surface area contributed by atoms with Crippen molar-refractivity contribution >= 4 is 5.97 Å². The van der Waals surface area contributed by atoms with E-state index in [0.29, 0.717) is 0 Å². The standard InChI is InChI=1S/C11H19F3O2/c1-8(6-10(2,3)4)5-9(15)16-7-11(12,13)14/h8H,5-7H2,1-4H3. The summed E-state index contributed by atoms with van der Waals surface area (Å²) in [6, 6.07) is 0. The molecule has 0 amide bonds. The maximum Gasteiger partial charge on any atom is 0.422 e. The van der Waals surface area contributed by atoms with E-state index in [1.54, 1.807) is 0 Å². The van der Waals surface area contributed by atoms with Gasteiger partial charge in [0.25, 0.3) is 0 Å². The van der Waals surface area contributed by atoms with Gasteiger partial charge in [-0.2, -0.15) is 13.2 Å². The van der Waals surface area contributed by atoms with Gasteiger partial charge in [-0.3, -0.25) is 4.79 Å². The smallest absolute Gasteiger partial charge is 0.422 e. The Morgan fingerprint density at radius 2 is 1.75 bits per heavy atom. The Morgan fingerprint density at radius 3 is 2.12 bits per heavy atom. The summed E-state index contributed by atoms with van der Waals surface area (Å²) in [4.78, 5) is 11.1. The van der Waals surface area contributed by atoms with E-state index in [2.05, 4.69) is 4.74 Å². The Kier molecular flexibility index (Phi) is 5.29. The van der Waals surface area contributed by atoms with Crippen LogP contribution in [0, 0.1) is 11.3 Å². The summed E-state index contributed by atoms with van der Waals surface area (Å²) in [6.07, 6.45) is -3.63. The van der Waals surface area contributed by atoms with Crippen LogP contribution in [-0.2, 0) is 9.53 Å². The van der Waals surface area contributed by atoms with Crippen molar-refractivity contribution in [3.63, 3.8) is 0 Å². The Bertz CT molecular complexity index is 228. The van der Waals surface area contributed by atoms with Crippen molar-refractivity contribution in [2.45, 2.75) is 46.7 Å². The van der Waals surface area contributed by atoms with E-state index in [9.17, 15) is 18.0 Å². The highest BCUT2D eigenvalue weighted by atomic mass is 19.4. The first-order valence-corrected chi connectivity index (χ1v) is 5.22. The van der Waals surface area contributed by atoms with Crippen LogP contribution in [0.2, 0.25) is 0 Å². The number of hydrogen-bond donors (Lipinski definition) is 0. The molecule has 0 aliphatic heterocycles. The third-order valence-electron chi connectivity index (χ3n) is 1.87. The molecule has 0 aromatic rings. The number of hydrogen-bond acceptors (Lipinski definition) is 2. The molecule has 0 heterocycles. The topological polar surface area (TPSA) is 26.3 Å². The van der Waals surface area contributed by atoms with Gasteiger partial charge in [0.05, 0.1) is 0 Å². The number of rotatable bonds is 4. The summed E-state index contributed by atoms with van der Waals surface area (Å²) in [6.45, 7) is 6.40. The minimum absolute atomic E-state index is 0.0285. The van der Waals surface area contributed by atoms with Gasteiger partial charge in [0, 0.05) is 6.42 Å². The summed E-state index contributed by atoms with van der Waals surface area (Å²) in [5.41, 5.74) is 0.0592. The molecule has 1 atom stereocenters. The maximum atomic E-state index is 11.7. The van der Waals surface area contributed by atoms with Gasteiger partial charge in [0.1, 0.15) is 0 Å². The van der Waals surface area contributed by atoms with E-state index < -0.39 is 18.8 Å². The first-order valence-electron chi connectivity index (χ1n) is 5.22. The molecule has 0 bridgehead atoms. The zero-order chi connectivity index (χ0) is 13.0. The lowest BCUT2D eigenvalue weighted by atomic mass is 9.84. The first-order chi connectivity index (χ1) is 6.99. The van der Waals surface area contributed by atoms with Crippen LogP contribution in [0.4, 0.5) is 13.2 Å². The van der Waals surface area contributed by atoms with E-state index in [-0.39, 0.29) is 17.8 Å². The van der Waals surface area contributed by atoms with Gasteiger partial charge in [-0.05, 0) is 17.8 Å². The second-order valence-electron chi connectivity index (χ2n) is 5.35. The van der Waals surface area contributed by atoms with Crippen LogP contribution in [-0.4, -0.2) is 18.8 Å². The number of carbonyl (C=O) groups excluding carboxylic acids is 1. The lowest BCUT2D eigenvalue weighted by Gasteiger charge is -2.22. The Morgan fingerprint density at radius 1 is 1.25 bits per heavy atom. The van der Waals surface area contributed by atoms with Gasteiger partial charge in [0.2, 0.25) is 0 Å². The van der Waals surface area contributed by atoms with E-state index in [4.69, 9.17) is 0 Å². The van der Waals surface area contributed by atoms with Crippen LogP contribution in [0.5, 0.6) is 0 Å². The fourth-order valence-electron chi connectivity index (χ4n) is 1.62. The molecule has 0 aromatic heterocycles. The first kappa shape index (κ1) is 15.3. The molecule has 0 spiro atoms. The van der Waals surface area contributed by atoms with Crippen LogP contribution in [0.3, 0.4) is 0 Å². The molecule has 96 valence electrons. The van der Waals surface area contributed by atoms with Crippen molar-refractivity contribution in [2.75, 3.05) is 6.61 Å². The molecule has 0 aliphatic carbocycles. The molecule has 1 unspecified atom stereocenters. The van der Waals surface area contributed by atoms with Crippen molar-refractivity contribution in [2.24, 2.45) is 11.3 Å². The van der Waals surface area contributed by atoms with Gasteiger partial charge in [-0.1, -0.05) is 27.7 Å². The number of halogens is 3. The number of alkyl halides is 3. The van der Waals surface area contributed by atoms with Gasteiger partial charge >= 0.3 is 12.1 Å². The van der Waals surface area contributed by atoms with Crippen molar-refractivity contribution in [1.82, 2.24) is 0 Å². The third-order valence-corrected chi connectivity index (χ3v) is 1.87. The second-order valence-corrected chi connectivity index (χ2v) is 5.35. The zero-order valence-electron chi connectivity index (χ0n) is 10.1. The predicted molar refractivity (Wildman–Crippen MR) is 54.9 cm³/mol. The van der Waals surface area contributed by atoms with Gasteiger partial charge in [-0.25, -0.2) is 0 Å². The molecule has 0 rings (SSSR count). The molecule has 0 N–H and O–H groups in total. The monoisotopic (exact) mass is 240 g/mol.